The predicted octanol–water partition coefficient (Wildman–Crippen LogP) is 1.40. The quantitative estimate of drug-likeness (QED) is 0.448. The summed E-state index contributed by atoms with van der Waals surface area (Å²) in [5.41, 5.74) is 3.88. The summed E-state index contributed by atoms with van der Waals surface area (Å²) >= 11 is 0. The number of nitrogens with zero attached hydrogens (tertiary/aromatic N) is 1. The lowest BCUT2D eigenvalue weighted by Crippen LogP contribution is -2.31. The number of fused-ring (bicyclic) bond motifs is 1. The van der Waals surface area contributed by atoms with Gasteiger partial charge < -0.3 is 9.47 Å². The van der Waals surface area contributed by atoms with Gasteiger partial charge in [0.2, 0.25) is 0 Å². The van der Waals surface area contributed by atoms with Crippen LogP contribution >= 0.6 is 0 Å². The number of ether oxygens (including phenoxy) is 2. The molecule has 0 saturated heterocycles. The number of hydrogen-bond acceptors (Lipinski definition) is 5. The van der Waals surface area contributed by atoms with Gasteiger partial charge in [0.15, 0.2) is 0 Å². The Morgan fingerprint density at radius 2 is 2.21 bits per heavy atom. The minimum absolute atomic E-state index is 0.0650. The van der Waals surface area contributed by atoms with Crippen molar-refractivity contribution in [3.63, 3.8) is 0 Å². The molecule has 1 aromatic heterocycles. The molecule has 0 bridgehead atoms. The zero-order valence-corrected chi connectivity index (χ0v) is 11.0. The Morgan fingerprint density at radius 1 is 1.32 bits per heavy atom. The molecule has 0 radical (unpaired) electrons. The first-order chi connectivity index (χ1) is 9.36. The number of nitrogens with two attached hydrogens (primary N) is 1. The average Bonchev–Trinajstić information content (AvgIpc) is 2.47. The van der Waals surface area contributed by atoms with E-state index in [1.807, 2.05) is 24.4 Å². The molecule has 0 aliphatic rings. The van der Waals surface area contributed by atoms with E-state index < -0.39 is 0 Å². The third-order valence-corrected chi connectivity index (χ3v) is 3.01. The Balaban J connectivity index is 2.16. The molecule has 5 heteroatoms. The molecule has 0 aliphatic heterocycles. The molecule has 0 spiro atoms. The molecule has 3 N–H and O–H groups in total. The zero-order valence-electron chi connectivity index (χ0n) is 11.0. The SMILES string of the molecule is COCCOCC(NN)c1cccc2ccncc12. The summed E-state index contributed by atoms with van der Waals surface area (Å²) in [6.07, 6.45) is 3.64. The van der Waals surface area contributed by atoms with Crippen molar-refractivity contribution in [3.8, 4) is 0 Å². The highest BCUT2D eigenvalue weighted by molar-refractivity contribution is 5.85. The second kappa shape index (κ2) is 7.16. The molecule has 0 saturated carbocycles. The maximum absolute atomic E-state index is 5.63. The van der Waals surface area contributed by atoms with Crippen LogP contribution in [0.15, 0.2) is 36.7 Å². The molecule has 1 unspecified atom stereocenters. The van der Waals surface area contributed by atoms with Gasteiger partial charge in [0, 0.05) is 24.9 Å². The van der Waals surface area contributed by atoms with E-state index in [0.717, 1.165) is 16.3 Å². The maximum Gasteiger partial charge on any atom is 0.0701 e. The summed E-state index contributed by atoms with van der Waals surface area (Å²) in [5, 5.41) is 2.23. The molecular weight excluding hydrogens is 242 g/mol. The minimum Gasteiger partial charge on any atom is -0.382 e. The van der Waals surface area contributed by atoms with E-state index in [4.69, 9.17) is 15.3 Å². The number of aromatic nitrogens is 1. The van der Waals surface area contributed by atoms with Crippen LogP contribution in [0.5, 0.6) is 0 Å². The van der Waals surface area contributed by atoms with Gasteiger partial charge in [-0.15, -0.1) is 0 Å². The van der Waals surface area contributed by atoms with Crippen LogP contribution < -0.4 is 11.3 Å². The number of pyridine rings is 1. The van der Waals surface area contributed by atoms with Crippen molar-refractivity contribution >= 4 is 10.8 Å². The van der Waals surface area contributed by atoms with Crippen LogP contribution in [0, 0.1) is 0 Å². The lowest BCUT2D eigenvalue weighted by atomic mass is 10.0. The van der Waals surface area contributed by atoms with Gasteiger partial charge in [-0.25, -0.2) is 0 Å². The maximum atomic E-state index is 5.63. The molecule has 0 amide bonds. The van der Waals surface area contributed by atoms with Crippen molar-refractivity contribution in [3.05, 3.63) is 42.2 Å². The van der Waals surface area contributed by atoms with E-state index >= 15 is 0 Å². The summed E-state index contributed by atoms with van der Waals surface area (Å²) < 4.78 is 10.5. The Hall–Kier alpha value is -1.53. The molecule has 5 nitrogen and oxygen atoms in total. The van der Waals surface area contributed by atoms with Gasteiger partial charge in [0.25, 0.3) is 0 Å². The van der Waals surface area contributed by atoms with E-state index in [-0.39, 0.29) is 6.04 Å². The van der Waals surface area contributed by atoms with Crippen molar-refractivity contribution in [2.24, 2.45) is 5.84 Å². The molecule has 102 valence electrons. The number of benzene rings is 1. The Bertz CT molecular complexity index is 514. The molecular formula is C14H19N3O2. The van der Waals surface area contributed by atoms with Gasteiger partial charge in [-0.3, -0.25) is 16.3 Å². The minimum atomic E-state index is -0.0650. The second-order valence-electron chi connectivity index (χ2n) is 4.23. The van der Waals surface area contributed by atoms with Crippen LogP contribution in [0.3, 0.4) is 0 Å². The Morgan fingerprint density at radius 3 is 3.00 bits per heavy atom. The van der Waals surface area contributed by atoms with Gasteiger partial charge in [-0.1, -0.05) is 18.2 Å². The topological polar surface area (TPSA) is 69.4 Å². The highest BCUT2D eigenvalue weighted by Crippen LogP contribution is 2.23. The van der Waals surface area contributed by atoms with Crippen LogP contribution in [-0.2, 0) is 9.47 Å². The number of methoxy groups -OCH3 is 1. The first-order valence-electron chi connectivity index (χ1n) is 6.22. The van der Waals surface area contributed by atoms with Gasteiger partial charge in [-0.05, 0) is 17.0 Å². The average molecular weight is 261 g/mol. The highest BCUT2D eigenvalue weighted by Gasteiger charge is 2.12. The third-order valence-electron chi connectivity index (χ3n) is 3.01. The number of hydrazine groups is 1. The second-order valence-corrected chi connectivity index (χ2v) is 4.23. The molecule has 0 aliphatic carbocycles. The van der Waals surface area contributed by atoms with Crippen LogP contribution in [0.25, 0.3) is 10.8 Å². The van der Waals surface area contributed by atoms with Crippen molar-refractivity contribution in [2.75, 3.05) is 26.9 Å². The zero-order chi connectivity index (χ0) is 13.5. The van der Waals surface area contributed by atoms with E-state index in [2.05, 4.69) is 16.5 Å². The van der Waals surface area contributed by atoms with E-state index in [0.29, 0.717) is 19.8 Å². The van der Waals surface area contributed by atoms with Crippen LogP contribution in [0.1, 0.15) is 11.6 Å². The van der Waals surface area contributed by atoms with Crippen molar-refractivity contribution in [2.45, 2.75) is 6.04 Å². The summed E-state index contributed by atoms with van der Waals surface area (Å²) in [6.45, 7) is 1.62. The Labute approximate surface area is 112 Å². The van der Waals surface area contributed by atoms with E-state index in [9.17, 15) is 0 Å². The van der Waals surface area contributed by atoms with Gasteiger partial charge in [-0.2, -0.15) is 0 Å². The smallest absolute Gasteiger partial charge is 0.0701 e. The van der Waals surface area contributed by atoms with Gasteiger partial charge in [0.1, 0.15) is 0 Å². The van der Waals surface area contributed by atoms with Crippen LogP contribution in [0.4, 0.5) is 0 Å². The summed E-state index contributed by atoms with van der Waals surface area (Å²) in [6, 6.07) is 8.02. The summed E-state index contributed by atoms with van der Waals surface area (Å²) in [5.74, 6) is 5.63. The molecule has 2 aromatic rings. The van der Waals surface area contributed by atoms with E-state index in [1.54, 1.807) is 13.3 Å². The first-order valence-corrected chi connectivity index (χ1v) is 6.22. The molecule has 2 rings (SSSR count). The summed E-state index contributed by atoms with van der Waals surface area (Å²) in [7, 11) is 1.65. The number of hydrogen-bond donors (Lipinski definition) is 2. The van der Waals surface area contributed by atoms with Crippen molar-refractivity contribution in [1.82, 2.24) is 10.4 Å². The fraction of sp³-hybridized carbons (Fsp3) is 0.357. The van der Waals surface area contributed by atoms with Crippen LogP contribution in [0.2, 0.25) is 0 Å². The van der Waals surface area contributed by atoms with Crippen molar-refractivity contribution < 1.29 is 9.47 Å². The van der Waals surface area contributed by atoms with Crippen molar-refractivity contribution in [1.29, 1.82) is 0 Å². The third kappa shape index (κ3) is 3.48. The predicted molar refractivity (Wildman–Crippen MR) is 74.5 cm³/mol. The Kier molecular flexibility index (Phi) is 5.23. The molecule has 1 aromatic carbocycles. The largest absolute Gasteiger partial charge is 0.382 e. The highest BCUT2D eigenvalue weighted by atomic mass is 16.5. The number of rotatable bonds is 7. The molecule has 1 heterocycles. The molecule has 0 fully saturated rings. The molecule has 1 atom stereocenters. The lowest BCUT2D eigenvalue weighted by Gasteiger charge is -2.18. The normalized spacial score (nSPS) is 12.7. The summed E-state index contributed by atoms with van der Waals surface area (Å²) in [4.78, 5) is 4.17. The fourth-order valence-electron chi connectivity index (χ4n) is 2.01. The molecule has 19 heavy (non-hydrogen) atoms. The number of nitrogens with one attached hydrogen (secondary N) is 1. The van der Waals surface area contributed by atoms with Gasteiger partial charge >= 0.3 is 0 Å². The lowest BCUT2D eigenvalue weighted by molar-refractivity contribution is 0.0588. The van der Waals surface area contributed by atoms with E-state index in [1.165, 1.54) is 0 Å². The standard InChI is InChI=1S/C14H19N3O2/c1-18-7-8-19-10-14(17-15)12-4-2-3-11-5-6-16-9-13(11)12/h2-6,9,14,17H,7-8,10,15H2,1H3. The van der Waals surface area contributed by atoms with Gasteiger partial charge in [0.05, 0.1) is 25.9 Å². The monoisotopic (exact) mass is 261 g/mol. The van der Waals surface area contributed by atoms with Crippen LogP contribution in [-0.4, -0.2) is 31.9 Å². The first kappa shape index (κ1) is 13.9. The fourth-order valence-corrected chi connectivity index (χ4v) is 2.01.